The summed E-state index contributed by atoms with van der Waals surface area (Å²) in [6, 6.07) is 89.8. The predicted octanol–water partition coefficient (Wildman–Crippen LogP) is 21.4. The summed E-state index contributed by atoms with van der Waals surface area (Å²) in [7, 11) is 0. The van der Waals surface area contributed by atoms with Gasteiger partial charge in [-0.1, -0.05) is 249 Å². The van der Waals surface area contributed by atoms with E-state index in [4.69, 9.17) is 0 Å². The van der Waals surface area contributed by atoms with Crippen molar-refractivity contribution in [1.82, 2.24) is 0 Å². The van der Waals surface area contributed by atoms with Crippen molar-refractivity contribution in [2.24, 2.45) is 0 Å². The van der Waals surface area contributed by atoms with Crippen molar-refractivity contribution in [2.75, 3.05) is 0 Å². The van der Waals surface area contributed by atoms with Crippen LogP contribution < -0.4 is 0 Å². The van der Waals surface area contributed by atoms with Gasteiger partial charge in [0.1, 0.15) is 34.7 Å². The molecule has 0 aliphatic carbocycles. The van der Waals surface area contributed by atoms with Gasteiger partial charge in [-0.25, -0.2) is 0 Å². The van der Waals surface area contributed by atoms with Crippen molar-refractivity contribution in [3.05, 3.63) is 312 Å². The van der Waals surface area contributed by atoms with Gasteiger partial charge in [0, 0.05) is 33.4 Å². The Hall–Kier alpha value is -13.3. The SMILES string of the molecule is CC(=O)CC(=O)c1cc2ccc3cccc4ccc(c1)c2c34.CC(=O)CC(=O)c1ccc(-c2ccccc2-c2ccc(C(=O)CC(C)=O)cc2)cc1.CC(=O)CC(=O)c1ccc2c(ccc3ccccc32)c1.CC(=O)CC(=O)c1ccc2c(ccc3ccccc32)c1.CC(=O)CC(=O)c1ccc2ccccc2c1. The van der Waals surface area contributed by atoms with Gasteiger partial charge in [-0.2, -0.15) is 0 Å². The van der Waals surface area contributed by atoms with Crippen LogP contribution in [-0.2, 0) is 28.8 Å². The van der Waals surface area contributed by atoms with Crippen LogP contribution in [0.3, 0.4) is 0 Å². The maximum absolute atomic E-state index is 12.2. The summed E-state index contributed by atoms with van der Waals surface area (Å²) in [6.07, 6.45) is -0.292. The van der Waals surface area contributed by atoms with E-state index in [0.29, 0.717) is 33.4 Å². The minimum absolute atomic E-state index is 0.0155. The molecule has 0 radical (unpaired) electrons. The van der Waals surface area contributed by atoms with Gasteiger partial charge in [-0.15, -0.1) is 0 Å². The average molecular weight is 1420 g/mol. The van der Waals surface area contributed by atoms with Crippen LogP contribution >= 0.6 is 0 Å². The van der Waals surface area contributed by atoms with E-state index in [1.807, 2.05) is 158 Å². The number of carbonyl (C=O) groups excluding carboxylic acids is 12. The number of Topliss-reactive ketones (excluding diaryl/α,β-unsaturated/α-hetero) is 12. The van der Waals surface area contributed by atoms with Crippen molar-refractivity contribution < 1.29 is 57.5 Å². The molecule has 0 atom stereocenters. The van der Waals surface area contributed by atoms with Crippen molar-refractivity contribution in [3.8, 4) is 22.3 Å². The number of fused-ring (bicyclic) bond motifs is 7. The fraction of sp³-hybridized carbons (Fsp3) is 0.125. The Morgan fingerprint density at radius 3 is 0.815 bits per heavy atom. The number of hydrogen-bond donors (Lipinski definition) is 0. The van der Waals surface area contributed by atoms with E-state index >= 15 is 0 Å². The number of ketones is 12. The summed E-state index contributed by atoms with van der Waals surface area (Å²) in [4.78, 5) is 138. The van der Waals surface area contributed by atoms with Crippen LogP contribution in [0.25, 0.3) is 108 Å². The number of rotatable bonds is 20. The molecule has 0 spiro atoms. The molecule has 0 saturated heterocycles. The molecule has 532 valence electrons. The summed E-state index contributed by atoms with van der Waals surface area (Å²) >= 11 is 0. The van der Waals surface area contributed by atoms with E-state index < -0.39 is 0 Å². The highest BCUT2D eigenvalue weighted by atomic mass is 16.2. The highest BCUT2D eigenvalue weighted by Gasteiger charge is 2.18. The molecule has 108 heavy (non-hydrogen) atoms. The minimum atomic E-state index is -0.187. The Morgan fingerprint density at radius 2 is 0.426 bits per heavy atom. The molecule has 12 heteroatoms. The van der Waals surface area contributed by atoms with Crippen molar-refractivity contribution >= 4 is 156 Å². The van der Waals surface area contributed by atoms with Crippen molar-refractivity contribution in [2.45, 2.75) is 80.1 Å². The first kappa shape index (κ1) is 75.8. The molecule has 0 aromatic heterocycles. The zero-order valence-electron chi connectivity index (χ0n) is 60.7. The average Bonchev–Trinajstić information content (AvgIpc) is 0.746. The van der Waals surface area contributed by atoms with Crippen LogP contribution in [0.2, 0.25) is 0 Å². The third-order valence-corrected chi connectivity index (χ3v) is 18.4. The molecule has 0 amide bonds. The van der Waals surface area contributed by atoms with Crippen LogP contribution in [0.1, 0.15) is 142 Å². The van der Waals surface area contributed by atoms with Gasteiger partial charge in [0.05, 0.1) is 38.5 Å². The number of hydrogen-bond acceptors (Lipinski definition) is 12. The molecule has 12 nitrogen and oxygen atoms in total. The lowest BCUT2D eigenvalue weighted by Gasteiger charge is -2.12. The van der Waals surface area contributed by atoms with Crippen LogP contribution in [0.4, 0.5) is 0 Å². The highest BCUT2D eigenvalue weighted by Crippen LogP contribution is 2.37. The maximum atomic E-state index is 12.2. The molecular weight excluding hydrogens is 1350 g/mol. The molecule has 0 heterocycles. The molecular formula is C96H76O12. The fourth-order valence-corrected chi connectivity index (χ4v) is 13.3. The molecule has 15 aromatic rings. The molecule has 0 N–H and O–H groups in total. The normalized spacial score (nSPS) is 10.8. The van der Waals surface area contributed by atoms with E-state index in [9.17, 15) is 57.5 Å². The first-order chi connectivity index (χ1) is 51.9. The lowest BCUT2D eigenvalue weighted by molar-refractivity contribution is -0.117. The van der Waals surface area contributed by atoms with Gasteiger partial charge >= 0.3 is 0 Å². The minimum Gasteiger partial charge on any atom is -0.300 e. The third-order valence-electron chi connectivity index (χ3n) is 18.4. The highest BCUT2D eigenvalue weighted by molar-refractivity contribution is 6.25. The second-order valence-corrected chi connectivity index (χ2v) is 27.0. The first-order valence-electron chi connectivity index (χ1n) is 35.4. The van der Waals surface area contributed by atoms with Gasteiger partial charge < -0.3 is 0 Å². The summed E-state index contributed by atoms with van der Waals surface area (Å²) in [5.74, 6) is -1.55. The first-order valence-corrected chi connectivity index (χ1v) is 35.4. The Balaban J connectivity index is 0.000000136. The smallest absolute Gasteiger partial charge is 0.170 e. The van der Waals surface area contributed by atoms with Crippen LogP contribution in [0.15, 0.2) is 279 Å². The topological polar surface area (TPSA) is 205 Å². The van der Waals surface area contributed by atoms with Crippen LogP contribution in [-0.4, -0.2) is 69.4 Å². The summed E-state index contributed by atoms with van der Waals surface area (Å²) in [6.45, 7) is 8.56. The molecule has 0 aliphatic rings. The van der Waals surface area contributed by atoms with Gasteiger partial charge in [0.15, 0.2) is 34.7 Å². The van der Waals surface area contributed by atoms with E-state index in [0.717, 1.165) is 65.3 Å². The predicted molar refractivity (Wildman–Crippen MR) is 432 cm³/mol. The molecule has 15 rings (SSSR count). The standard InChI is InChI=1S/C26H22O4.C20H14O2.2C18H14O2.C14H12O2/c1-17(27)15-25(29)21-11-7-19(8-12-21)23-5-3-4-6-24(23)20-9-13-22(14-10-20)26(30)16-18(2)28;1-12(21)9-18(22)17-10-15-7-5-13-3-2-4-14-6-8-16(11-17)20(15)19(13)14;2*1-12(19)10-18(20)15-8-9-17-14(11-15)7-6-13-4-2-3-5-16(13)17;1-10(15)8-14(16)13-7-6-11-4-2-3-5-12(11)9-13/h3-14H,15-16H2,1-2H3;2-8,10-11H,9H2,1H3;2*2-9,11H,10H2,1H3;2-7,9H,8H2,1H3. The Morgan fingerprint density at radius 1 is 0.185 bits per heavy atom. The molecule has 0 aliphatic heterocycles. The lowest BCUT2D eigenvalue weighted by Crippen LogP contribution is -2.05. The summed E-state index contributed by atoms with van der Waals surface area (Å²) in [5, 5.41) is 18.1. The van der Waals surface area contributed by atoms with Gasteiger partial charge in [0.25, 0.3) is 0 Å². The second-order valence-electron chi connectivity index (χ2n) is 27.0. The third kappa shape index (κ3) is 18.8. The van der Waals surface area contributed by atoms with E-state index in [1.54, 1.807) is 42.5 Å². The van der Waals surface area contributed by atoms with Crippen molar-refractivity contribution in [3.63, 3.8) is 0 Å². The van der Waals surface area contributed by atoms with E-state index in [1.165, 1.54) is 84.6 Å². The number of carbonyl (C=O) groups is 12. The molecule has 15 aromatic carbocycles. The van der Waals surface area contributed by atoms with Gasteiger partial charge in [-0.05, 0) is 180 Å². The Labute approximate surface area is 624 Å². The maximum Gasteiger partial charge on any atom is 0.170 e. The Bertz CT molecular complexity index is 5780. The quantitative estimate of drug-likeness (QED) is 0.0397. The number of benzene rings is 15. The van der Waals surface area contributed by atoms with Crippen LogP contribution in [0.5, 0.6) is 0 Å². The molecule has 0 unspecified atom stereocenters. The fourth-order valence-electron chi connectivity index (χ4n) is 13.3. The largest absolute Gasteiger partial charge is 0.300 e. The Kier molecular flexibility index (Phi) is 24.2. The van der Waals surface area contributed by atoms with E-state index in [2.05, 4.69) is 78.9 Å². The van der Waals surface area contributed by atoms with Gasteiger partial charge in [-0.3, -0.25) is 57.5 Å². The second kappa shape index (κ2) is 34.5. The van der Waals surface area contributed by atoms with Gasteiger partial charge in [0.2, 0.25) is 0 Å². The molecule has 0 fully saturated rings. The van der Waals surface area contributed by atoms with Crippen LogP contribution in [0, 0.1) is 0 Å². The summed E-state index contributed by atoms with van der Waals surface area (Å²) < 4.78 is 0. The molecule has 0 saturated carbocycles. The zero-order chi connectivity index (χ0) is 76.7. The zero-order valence-corrected chi connectivity index (χ0v) is 60.7. The van der Waals surface area contributed by atoms with Crippen molar-refractivity contribution in [1.29, 1.82) is 0 Å². The monoisotopic (exact) mass is 1420 g/mol. The summed E-state index contributed by atoms with van der Waals surface area (Å²) in [5.41, 5.74) is 7.32. The molecule has 0 bridgehead atoms. The lowest BCUT2D eigenvalue weighted by atomic mass is 9.92. The van der Waals surface area contributed by atoms with E-state index in [-0.39, 0.29) is 108 Å².